The average Bonchev–Trinajstić information content (AvgIpc) is 3.42. The lowest BCUT2D eigenvalue weighted by molar-refractivity contribution is -0.127. The fourth-order valence-corrected chi connectivity index (χ4v) is 8.22. The second-order valence-corrected chi connectivity index (χ2v) is 11.7. The second kappa shape index (κ2) is 7.38. The number of nitrogens with one attached hydrogen (secondary N) is 1. The van der Waals surface area contributed by atoms with Crippen molar-refractivity contribution in [2.45, 2.75) is 62.8 Å². The Bertz CT molecular complexity index is 874. The minimum Gasteiger partial charge on any atom is -0.353 e. The summed E-state index contributed by atoms with van der Waals surface area (Å²) in [4.78, 5) is 13.3. The van der Waals surface area contributed by atoms with Crippen molar-refractivity contribution in [2.75, 3.05) is 13.1 Å². The van der Waals surface area contributed by atoms with Crippen LogP contribution in [0.15, 0.2) is 29.2 Å². The van der Waals surface area contributed by atoms with Crippen molar-refractivity contribution in [3.05, 3.63) is 29.8 Å². The first kappa shape index (κ1) is 19.6. The Hall–Kier alpha value is -1.40. The third-order valence-corrected chi connectivity index (χ3v) is 10.2. The van der Waals surface area contributed by atoms with Crippen LogP contribution in [0.5, 0.6) is 0 Å². The summed E-state index contributed by atoms with van der Waals surface area (Å²) < 4.78 is 27.3. The number of carbonyl (C=O) groups excluding carboxylic acids is 1. The van der Waals surface area contributed by atoms with Gasteiger partial charge in [0.25, 0.3) is 0 Å². The molecule has 4 aliphatic rings. The van der Waals surface area contributed by atoms with Gasteiger partial charge in [0, 0.05) is 25.0 Å². The third-order valence-electron chi connectivity index (χ3n) is 8.24. The van der Waals surface area contributed by atoms with Gasteiger partial charge in [0.15, 0.2) is 0 Å². The maximum Gasteiger partial charge on any atom is 0.243 e. The van der Waals surface area contributed by atoms with Crippen molar-refractivity contribution >= 4 is 15.9 Å². The largest absolute Gasteiger partial charge is 0.353 e. The number of aryl methyl sites for hydroxylation is 1. The Labute approximate surface area is 174 Å². The number of carbonyl (C=O) groups is 1. The highest BCUT2D eigenvalue weighted by atomic mass is 32.2. The Morgan fingerprint density at radius 1 is 0.966 bits per heavy atom. The summed E-state index contributed by atoms with van der Waals surface area (Å²) in [5.74, 6) is 3.41. The summed E-state index contributed by atoms with van der Waals surface area (Å²) in [5.41, 5.74) is 1.05. The Morgan fingerprint density at radius 2 is 1.66 bits per heavy atom. The minimum absolute atomic E-state index is 0.0574. The Kier molecular flexibility index (Phi) is 4.98. The number of nitrogens with zero attached hydrogens (tertiary/aromatic N) is 1. The molecule has 6 heteroatoms. The number of rotatable bonds is 4. The molecule has 5 unspecified atom stereocenters. The summed E-state index contributed by atoms with van der Waals surface area (Å²) in [6.07, 6.45) is 7.84. The van der Waals surface area contributed by atoms with Gasteiger partial charge in [-0.25, -0.2) is 8.42 Å². The molecule has 0 radical (unpaired) electrons. The fourth-order valence-electron chi connectivity index (χ4n) is 6.75. The third kappa shape index (κ3) is 3.42. The van der Waals surface area contributed by atoms with Crippen molar-refractivity contribution in [1.29, 1.82) is 0 Å². The van der Waals surface area contributed by atoms with Crippen LogP contribution in [0.25, 0.3) is 0 Å². The first-order valence-electron chi connectivity index (χ1n) is 11.3. The first-order chi connectivity index (χ1) is 13.9. The van der Waals surface area contributed by atoms with Gasteiger partial charge in [-0.15, -0.1) is 0 Å². The van der Waals surface area contributed by atoms with Crippen LogP contribution < -0.4 is 5.32 Å². The summed E-state index contributed by atoms with van der Waals surface area (Å²) in [7, 11) is -3.47. The lowest BCUT2D eigenvalue weighted by Gasteiger charge is -2.35. The van der Waals surface area contributed by atoms with Gasteiger partial charge in [-0.3, -0.25) is 4.79 Å². The molecule has 1 heterocycles. The van der Waals surface area contributed by atoms with Crippen LogP contribution in [0, 0.1) is 36.5 Å². The molecule has 4 fully saturated rings. The number of piperidine rings is 1. The first-order valence-corrected chi connectivity index (χ1v) is 12.7. The highest BCUT2D eigenvalue weighted by Crippen LogP contribution is 2.58. The number of hydrogen-bond donors (Lipinski definition) is 1. The maximum atomic E-state index is 12.9. The molecule has 0 aromatic heterocycles. The molecule has 1 aromatic rings. The van der Waals surface area contributed by atoms with E-state index in [-0.39, 0.29) is 11.8 Å². The zero-order valence-corrected chi connectivity index (χ0v) is 18.0. The van der Waals surface area contributed by atoms with Gasteiger partial charge >= 0.3 is 0 Å². The molecule has 0 spiro atoms. The lowest BCUT2D eigenvalue weighted by Crippen LogP contribution is -2.48. The fraction of sp³-hybridized carbons (Fsp3) is 0.696. The quantitative estimate of drug-likeness (QED) is 0.819. The van der Waals surface area contributed by atoms with E-state index in [2.05, 4.69) is 5.32 Å². The molecule has 5 nitrogen and oxygen atoms in total. The van der Waals surface area contributed by atoms with Crippen LogP contribution in [0.1, 0.15) is 50.5 Å². The molecule has 1 saturated heterocycles. The van der Waals surface area contributed by atoms with Gasteiger partial charge in [0.1, 0.15) is 0 Å². The van der Waals surface area contributed by atoms with E-state index in [9.17, 15) is 13.2 Å². The summed E-state index contributed by atoms with van der Waals surface area (Å²) >= 11 is 0. The van der Waals surface area contributed by atoms with Crippen molar-refractivity contribution in [3.8, 4) is 0 Å². The highest BCUT2D eigenvalue weighted by Gasteiger charge is 2.54. The van der Waals surface area contributed by atoms with E-state index in [1.165, 1.54) is 25.7 Å². The van der Waals surface area contributed by atoms with E-state index in [1.54, 1.807) is 16.4 Å². The van der Waals surface area contributed by atoms with E-state index < -0.39 is 10.0 Å². The van der Waals surface area contributed by atoms with Crippen molar-refractivity contribution in [2.24, 2.45) is 29.6 Å². The molecule has 158 valence electrons. The molecule has 5 rings (SSSR count). The topological polar surface area (TPSA) is 66.5 Å². The maximum absolute atomic E-state index is 12.9. The predicted molar refractivity (Wildman–Crippen MR) is 112 cm³/mol. The summed E-state index contributed by atoms with van der Waals surface area (Å²) in [6, 6.07) is 7.37. The van der Waals surface area contributed by atoms with E-state index >= 15 is 0 Å². The molecule has 1 aliphatic heterocycles. The predicted octanol–water partition coefficient (Wildman–Crippen LogP) is 3.34. The molecular formula is C23H32N2O3S. The molecule has 5 atom stereocenters. The zero-order valence-electron chi connectivity index (χ0n) is 17.2. The van der Waals surface area contributed by atoms with Gasteiger partial charge in [-0.1, -0.05) is 24.1 Å². The van der Waals surface area contributed by atoms with Crippen molar-refractivity contribution in [3.63, 3.8) is 0 Å². The van der Waals surface area contributed by atoms with E-state index in [1.807, 2.05) is 19.1 Å². The highest BCUT2D eigenvalue weighted by molar-refractivity contribution is 7.89. The Morgan fingerprint density at radius 3 is 2.38 bits per heavy atom. The normalized spacial score (nSPS) is 35.0. The zero-order chi connectivity index (χ0) is 20.2. The SMILES string of the molecule is Cc1ccc(S(=O)(=O)N2CCC(C(=O)NC3CC4CC3C3CCCC43)CC2)cc1. The van der Waals surface area contributed by atoms with Gasteiger partial charge in [0.05, 0.1) is 4.90 Å². The number of hydrogen-bond acceptors (Lipinski definition) is 3. The number of benzene rings is 1. The number of sulfonamides is 1. The molecule has 1 N–H and O–H groups in total. The van der Waals surface area contributed by atoms with Crippen LogP contribution in [-0.4, -0.2) is 37.8 Å². The number of fused-ring (bicyclic) bond motifs is 5. The lowest BCUT2D eigenvalue weighted by atomic mass is 9.79. The van der Waals surface area contributed by atoms with Crippen molar-refractivity contribution in [1.82, 2.24) is 9.62 Å². The molecule has 3 saturated carbocycles. The van der Waals surface area contributed by atoms with Crippen LogP contribution in [0.4, 0.5) is 0 Å². The van der Waals surface area contributed by atoms with E-state index in [4.69, 9.17) is 0 Å². The molecule has 1 aromatic carbocycles. The van der Waals surface area contributed by atoms with Crippen LogP contribution in [-0.2, 0) is 14.8 Å². The number of amides is 1. The Balaban J connectivity index is 1.17. The van der Waals surface area contributed by atoms with Crippen LogP contribution in [0.3, 0.4) is 0 Å². The monoisotopic (exact) mass is 416 g/mol. The van der Waals surface area contributed by atoms with Gasteiger partial charge in [-0.05, 0) is 81.3 Å². The van der Waals surface area contributed by atoms with E-state index in [0.717, 1.165) is 29.7 Å². The summed E-state index contributed by atoms with van der Waals surface area (Å²) in [5, 5.41) is 3.38. The van der Waals surface area contributed by atoms with Gasteiger partial charge < -0.3 is 5.32 Å². The van der Waals surface area contributed by atoms with Gasteiger partial charge in [0.2, 0.25) is 15.9 Å². The van der Waals surface area contributed by atoms with Crippen LogP contribution in [0.2, 0.25) is 0 Å². The van der Waals surface area contributed by atoms with Crippen molar-refractivity contribution < 1.29 is 13.2 Å². The average molecular weight is 417 g/mol. The minimum atomic E-state index is -3.47. The molecular weight excluding hydrogens is 384 g/mol. The standard InChI is InChI=1S/C23H32N2O3S/c1-15-5-7-18(8-6-15)29(27,28)25-11-9-16(10-12-25)23(26)24-22-14-17-13-21(22)20-4-2-3-19(17)20/h5-8,16-17,19-22H,2-4,9-14H2,1H3,(H,24,26). The molecule has 1 amide bonds. The van der Waals surface area contributed by atoms with Gasteiger partial charge in [-0.2, -0.15) is 4.31 Å². The molecule has 2 bridgehead atoms. The molecule has 29 heavy (non-hydrogen) atoms. The van der Waals surface area contributed by atoms with E-state index in [0.29, 0.717) is 42.8 Å². The molecule has 3 aliphatic carbocycles. The summed E-state index contributed by atoms with van der Waals surface area (Å²) in [6.45, 7) is 2.80. The second-order valence-electron chi connectivity index (χ2n) is 9.76. The smallest absolute Gasteiger partial charge is 0.243 e. The van der Waals surface area contributed by atoms with Crippen LogP contribution >= 0.6 is 0 Å².